The van der Waals surface area contributed by atoms with Crippen LogP contribution in [0.25, 0.3) is 0 Å². The first kappa shape index (κ1) is 43.6. The summed E-state index contributed by atoms with van der Waals surface area (Å²) in [6, 6.07) is 1.50. The van der Waals surface area contributed by atoms with Crippen LogP contribution in [0.1, 0.15) is 206 Å². The number of allylic oxidation sites excluding steroid dienone is 8. The Morgan fingerprint density at radius 2 is 0.898 bits per heavy atom. The highest BCUT2D eigenvalue weighted by Gasteiger charge is 2.48. The summed E-state index contributed by atoms with van der Waals surface area (Å²) >= 11 is 0. The summed E-state index contributed by atoms with van der Waals surface area (Å²) in [6.45, 7) is 4.55. The molecule has 2 atom stereocenters. The zero-order valence-corrected chi connectivity index (χ0v) is 33.4. The van der Waals surface area contributed by atoms with Gasteiger partial charge in [0.05, 0.1) is 31.9 Å². The Kier molecular flexibility index (Phi) is 26.7. The van der Waals surface area contributed by atoms with Crippen molar-refractivity contribution in [2.24, 2.45) is 5.16 Å². The molecule has 0 aromatic carbocycles. The van der Waals surface area contributed by atoms with Gasteiger partial charge in [-0.2, -0.15) is 0 Å². The third-order valence-corrected chi connectivity index (χ3v) is 11.4. The molecule has 0 aliphatic carbocycles. The molecule has 0 amide bonds. The molecule has 2 bridgehead atoms. The van der Waals surface area contributed by atoms with E-state index in [-0.39, 0.29) is 0 Å². The van der Waals surface area contributed by atoms with Crippen LogP contribution >= 0.6 is 0 Å². The first-order valence-electron chi connectivity index (χ1n) is 21.7. The van der Waals surface area contributed by atoms with E-state index in [9.17, 15) is 0 Å². The number of unbranched alkanes of at least 4 members (excludes halogenated alkanes) is 18. The average Bonchev–Trinajstić information content (AvgIpc) is 3.23. The molecule has 3 nitrogen and oxygen atoms in total. The van der Waals surface area contributed by atoms with Crippen LogP contribution in [0.2, 0.25) is 0 Å². The number of hydrogen-bond donors (Lipinski definition) is 0. The van der Waals surface area contributed by atoms with Crippen molar-refractivity contribution in [3.63, 3.8) is 0 Å². The Morgan fingerprint density at radius 3 is 1.31 bits per heavy atom. The lowest BCUT2D eigenvalue weighted by atomic mass is 9.99. The van der Waals surface area contributed by atoms with E-state index < -0.39 is 0 Å². The number of quaternary nitrogens is 1. The van der Waals surface area contributed by atoms with Crippen molar-refractivity contribution in [2.75, 3.05) is 14.1 Å². The topological polar surface area (TPSA) is 21.6 Å². The highest BCUT2D eigenvalue weighted by Crippen LogP contribution is 2.38. The summed E-state index contributed by atoms with van der Waals surface area (Å²) in [5, 5.41) is 4.86. The van der Waals surface area contributed by atoms with Crippen molar-refractivity contribution in [2.45, 2.75) is 225 Å². The Morgan fingerprint density at radius 1 is 0.531 bits per heavy atom. The Labute approximate surface area is 306 Å². The second-order valence-electron chi connectivity index (χ2n) is 16.1. The normalized spacial score (nSPS) is 19.2. The molecule has 0 aromatic rings. The highest BCUT2D eigenvalue weighted by molar-refractivity contribution is 5.85. The maximum atomic E-state index is 6.38. The number of rotatable bonds is 32. The molecule has 282 valence electrons. The second kappa shape index (κ2) is 30.1. The predicted octanol–water partition coefficient (Wildman–Crippen LogP) is 14.5. The Bertz CT molecular complexity index is 846. The van der Waals surface area contributed by atoms with Gasteiger partial charge in [-0.1, -0.05) is 145 Å². The van der Waals surface area contributed by atoms with E-state index in [0.29, 0.717) is 6.10 Å². The van der Waals surface area contributed by atoms with Crippen LogP contribution < -0.4 is 0 Å². The van der Waals surface area contributed by atoms with Crippen LogP contribution in [0, 0.1) is 0 Å². The van der Waals surface area contributed by atoms with E-state index in [1.54, 1.807) is 0 Å². The quantitative estimate of drug-likeness (QED) is 0.0300. The van der Waals surface area contributed by atoms with Crippen LogP contribution in [0.3, 0.4) is 0 Å². The minimum absolute atomic E-state index is 0.311. The van der Waals surface area contributed by atoms with Crippen molar-refractivity contribution in [1.82, 2.24) is 0 Å². The van der Waals surface area contributed by atoms with Gasteiger partial charge in [0.2, 0.25) is 0 Å². The summed E-state index contributed by atoms with van der Waals surface area (Å²) < 4.78 is 1.20. The molecule has 0 spiro atoms. The van der Waals surface area contributed by atoms with Crippen LogP contribution in [0.5, 0.6) is 0 Å². The van der Waals surface area contributed by atoms with E-state index >= 15 is 0 Å². The molecule has 0 saturated carbocycles. The molecule has 2 aliphatic rings. The third kappa shape index (κ3) is 22.0. The lowest BCUT2D eigenvalue weighted by molar-refractivity contribution is -0.926. The molecule has 0 radical (unpaired) electrons. The SMILES string of the molecule is CCCCC/C=C\C/C=C\CCCCCCCCC(CCCCCCCC/C=C\C/C=C\CCCCC)ON=C1CC2CCC(C1)[N+]2(C)C. The van der Waals surface area contributed by atoms with Gasteiger partial charge in [-0.25, -0.2) is 0 Å². The molecule has 0 aromatic heterocycles. The van der Waals surface area contributed by atoms with Crippen molar-refractivity contribution in [1.29, 1.82) is 0 Å². The molecule has 0 N–H and O–H groups in total. The second-order valence-corrected chi connectivity index (χ2v) is 16.1. The first-order valence-corrected chi connectivity index (χ1v) is 21.7. The summed E-state index contributed by atoms with van der Waals surface area (Å²) in [7, 11) is 4.86. The minimum atomic E-state index is 0.311. The molecule has 2 aliphatic heterocycles. The molecular weight excluding hydrogens is 597 g/mol. The maximum Gasteiger partial charge on any atom is 0.127 e. The number of fused-ring (bicyclic) bond motifs is 2. The fraction of sp³-hybridized carbons (Fsp3) is 0.804. The predicted molar refractivity (Wildman–Crippen MR) is 218 cm³/mol. The fourth-order valence-electron chi connectivity index (χ4n) is 7.84. The summed E-state index contributed by atoms with van der Waals surface area (Å²) in [5.74, 6) is 0. The van der Waals surface area contributed by atoms with E-state index in [4.69, 9.17) is 9.99 Å². The summed E-state index contributed by atoms with van der Waals surface area (Å²) in [5.41, 5.74) is 1.35. The van der Waals surface area contributed by atoms with Crippen molar-refractivity contribution in [3.05, 3.63) is 48.6 Å². The van der Waals surface area contributed by atoms with E-state index in [1.807, 2.05) is 0 Å². The van der Waals surface area contributed by atoms with Gasteiger partial charge in [-0.3, -0.25) is 0 Å². The van der Waals surface area contributed by atoms with E-state index in [1.165, 1.54) is 177 Å². The molecule has 2 saturated heterocycles. The van der Waals surface area contributed by atoms with Crippen LogP contribution in [0.4, 0.5) is 0 Å². The minimum Gasteiger partial charge on any atom is -0.393 e. The van der Waals surface area contributed by atoms with Crippen LogP contribution in [-0.4, -0.2) is 42.5 Å². The van der Waals surface area contributed by atoms with E-state index in [0.717, 1.165) is 37.8 Å². The van der Waals surface area contributed by atoms with Gasteiger partial charge in [0, 0.05) is 25.7 Å². The van der Waals surface area contributed by atoms with Gasteiger partial charge < -0.3 is 9.32 Å². The smallest absolute Gasteiger partial charge is 0.127 e. The fourth-order valence-corrected chi connectivity index (χ4v) is 7.84. The standard InChI is InChI=1S/C46H83N2O/c1-5-7-9-11-13-15-17-19-21-23-25-27-29-31-33-35-37-46(49-47-43-41-44-39-40-45(42-43)48(44,3)4)38-36-34-32-30-28-26-24-22-20-18-16-14-12-10-8-6-2/h13-16,19-22,44-46H,5-12,17-18,23-42H2,1-4H3/q+1/b15-13-,16-14-,21-19-,22-20-,47-43?. The monoisotopic (exact) mass is 680 g/mol. The number of piperidine rings is 1. The molecular formula is C46H83N2O+. The average molecular weight is 680 g/mol. The number of hydrogen-bond acceptors (Lipinski definition) is 2. The highest BCUT2D eigenvalue weighted by atomic mass is 16.6. The van der Waals surface area contributed by atoms with Gasteiger partial charge in [-0.05, 0) is 89.9 Å². The van der Waals surface area contributed by atoms with Crippen molar-refractivity contribution >= 4 is 5.71 Å². The van der Waals surface area contributed by atoms with Gasteiger partial charge >= 0.3 is 0 Å². The van der Waals surface area contributed by atoms with Crippen LogP contribution in [0.15, 0.2) is 53.8 Å². The lowest BCUT2D eigenvalue weighted by Crippen LogP contribution is -2.54. The van der Waals surface area contributed by atoms with Crippen molar-refractivity contribution < 1.29 is 9.32 Å². The maximum absolute atomic E-state index is 6.38. The molecule has 2 heterocycles. The number of oxime groups is 1. The molecule has 3 heteroatoms. The molecule has 2 rings (SSSR count). The van der Waals surface area contributed by atoms with Gasteiger partial charge in [0.1, 0.15) is 6.10 Å². The number of nitrogens with zero attached hydrogens (tertiary/aromatic N) is 2. The van der Waals surface area contributed by atoms with Crippen molar-refractivity contribution in [3.8, 4) is 0 Å². The zero-order valence-electron chi connectivity index (χ0n) is 33.4. The molecule has 2 unspecified atom stereocenters. The Balaban J connectivity index is 1.57. The summed E-state index contributed by atoms with van der Waals surface area (Å²) in [6.07, 6.45) is 58.0. The molecule has 49 heavy (non-hydrogen) atoms. The van der Waals surface area contributed by atoms with E-state index in [2.05, 4.69) is 76.6 Å². The van der Waals surface area contributed by atoms with Gasteiger partial charge in [0.15, 0.2) is 0 Å². The zero-order chi connectivity index (χ0) is 35.1. The Hall–Kier alpha value is -1.61. The van der Waals surface area contributed by atoms with Gasteiger partial charge in [-0.15, -0.1) is 0 Å². The first-order chi connectivity index (χ1) is 24.1. The van der Waals surface area contributed by atoms with Gasteiger partial charge in [0.25, 0.3) is 0 Å². The molecule has 2 fully saturated rings. The van der Waals surface area contributed by atoms with Crippen LogP contribution in [-0.2, 0) is 4.84 Å². The summed E-state index contributed by atoms with van der Waals surface area (Å²) in [4.78, 5) is 6.38. The third-order valence-electron chi connectivity index (χ3n) is 11.4. The largest absolute Gasteiger partial charge is 0.393 e. The lowest BCUT2D eigenvalue weighted by Gasteiger charge is -2.41.